The molecule has 2 aromatic heterocycles. The lowest BCUT2D eigenvalue weighted by atomic mass is 9.90. The molecule has 1 saturated heterocycles. The van der Waals surface area contributed by atoms with Crippen LogP contribution in [0.15, 0.2) is 48.7 Å². The summed E-state index contributed by atoms with van der Waals surface area (Å²) in [5, 5.41) is 12.1. The Bertz CT molecular complexity index is 1330. The summed E-state index contributed by atoms with van der Waals surface area (Å²) in [5.41, 5.74) is 3.83. The molecule has 2 N–H and O–H groups in total. The van der Waals surface area contributed by atoms with Gasteiger partial charge in [-0.25, -0.2) is 4.98 Å². The molecule has 0 unspecified atom stereocenters. The first kappa shape index (κ1) is 25.2. The Hall–Kier alpha value is -3.43. The highest BCUT2D eigenvalue weighted by Gasteiger charge is 2.57. The average Bonchev–Trinajstić information content (AvgIpc) is 3.64. The number of rotatable bonds is 8. The molecule has 3 aromatic rings. The SMILES string of the molecule is Cc1ccc(NC(=O)c2ccnc(C(C)(F)F)c2)cc1-c1cc(OCCO)nc([C@@]23CCOC[C@@H]2C3)c1. The van der Waals surface area contributed by atoms with E-state index in [4.69, 9.17) is 14.5 Å². The zero-order valence-electron chi connectivity index (χ0n) is 20.8. The van der Waals surface area contributed by atoms with Crippen LogP contribution >= 0.6 is 0 Å². The molecule has 1 aliphatic heterocycles. The van der Waals surface area contributed by atoms with Gasteiger partial charge >= 0.3 is 0 Å². The second-order valence-corrected chi connectivity index (χ2v) is 9.84. The van der Waals surface area contributed by atoms with Crippen LogP contribution in [0, 0.1) is 12.8 Å². The molecule has 1 aliphatic carbocycles. The molecular formula is C28H29F2N3O4. The minimum atomic E-state index is -3.15. The molecule has 0 spiro atoms. The molecule has 194 valence electrons. The Kier molecular flexibility index (Phi) is 6.68. The van der Waals surface area contributed by atoms with Gasteiger partial charge in [0.15, 0.2) is 0 Å². The van der Waals surface area contributed by atoms with Crippen LogP contribution in [0.2, 0.25) is 0 Å². The average molecular weight is 510 g/mol. The largest absolute Gasteiger partial charge is 0.475 e. The second-order valence-electron chi connectivity index (χ2n) is 9.84. The van der Waals surface area contributed by atoms with Crippen LogP contribution in [0.1, 0.15) is 47.1 Å². The van der Waals surface area contributed by atoms with Gasteiger partial charge < -0.3 is 19.9 Å². The van der Waals surface area contributed by atoms with Crippen LogP contribution in [0.3, 0.4) is 0 Å². The zero-order chi connectivity index (χ0) is 26.2. The van der Waals surface area contributed by atoms with Gasteiger partial charge in [-0.3, -0.25) is 9.78 Å². The van der Waals surface area contributed by atoms with Gasteiger partial charge in [-0.05, 0) is 72.7 Å². The van der Waals surface area contributed by atoms with Crippen molar-refractivity contribution >= 4 is 11.6 Å². The van der Waals surface area contributed by atoms with E-state index in [0.717, 1.165) is 54.8 Å². The molecule has 1 aromatic carbocycles. The summed E-state index contributed by atoms with van der Waals surface area (Å²) in [6, 6.07) is 11.9. The van der Waals surface area contributed by atoms with Crippen molar-refractivity contribution in [3.05, 3.63) is 71.2 Å². The van der Waals surface area contributed by atoms with E-state index < -0.39 is 17.5 Å². The van der Waals surface area contributed by atoms with E-state index in [2.05, 4.69) is 16.4 Å². The molecule has 0 radical (unpaired) electrons. The molecule has 1 amide bonds. The smallest absolute Gasteiger partial charge is 0.286 e. The number of nitrogens with zero attached hydrogens (tertiary/aromatic N) is 2. The Morgan fingerprint density at radius 1 is 1.27 bits per heavy atom. The highest BCUT2D eigenvalue weighted by Crippen LogP contribution is 2.58. The lowest BCUT2D eigenvalue weighted by Gasteiger charge is -2.23. The standard InChI is InChI=1S/C28H29F2N3O4/c1-17-3-4-21(32-26(35)18-5-7-31-23(11-18)27(2,29)30)14-22(17)19-12-24(33-25(13-19)37-10-8-34)28-6-9-36-16-20(28)15-28/h3-5,7,11-14,20,34H,6,8-10,15-16H2,1-2H3,(H,32,35)/t20-,28+/m0/s1. The van der Waals surface area contributed by atoms with E-state index in [9.17, 15) is 18.7 Å². The van der Waals surface area contributed by atoms with Gasteiger partial charge in [-0.2, -0.15) is 8.78 Å². The zero-order valence-corrected chi connectivity index (χ0v) is 20.8. The number of carbonyl (C=O) groups excluding carboxylic acids is 1. The van der Waals surface area contributed by atoms with Crippen molar-refractivity contribution in [2.24, 2.45) is 5.92 Å². The molecular weight excluding hydrogens is 480 g/mol. The van der Waals surface area contributed by atoms with Crippen molar-refractivity contribution in [1.82, 2.24) is 9.97 Å². The fraction of sp³-hybridized carbons (Fsp3) is 0.393. The number of hydrogen-bond acceptors (Lipinski definition) is 6. The third-order valence-electron chi connectivity index (χ3n) is 7.18. The number of aromatic nitrogens is 2. The molecule has 2 atom stereocenters. The van der Waals surface area contributed by atoms with Gasteiger partial charge in [0.25, 0.3) is 11.8 Å². The Balaban J connectivity index is 1.46. The van der Waals surface area contributed by atoms with Crippen molar-refractivity contribution in [3.63, 3.8) is 0 Å². The number of nitrogens with one attached hydrogen (secondary N) is 1. The van der Waals surface area contributed by atoms with Gasteiger partial charge in [-0.1, -0.05) is 6.07 Å². The number of hydrogen-bond donors (Lipinski definition) is 2. The van der Waals surface area contributed by atoms with Crippen molar-refractivity contribution in [3.8, 4) is 17.0 Å². The van der Waals surface area contributed by atoms with Gasteiger partial charge in [0.1, 0.15) is 12.3 Å². The summed E-state index contributed by atoms with van der Waals surface area (Å²) in [5.74, 6) is -2.78. The summed E-state index contributed by atoms with van der Waals surface area (Å²) >= 11 is 0. The van der Waals surface area contributed by atoms with E-state index >= 15 is 0 Å². The van der Waals surface area contributed by atoms with Gasteiger partial charge in [0.2, 0.25) is 5.88 Å². The Morgan fingerprint density at radius 3 is 2.86 bits per heavy atom. The first-order valence-electron chi connectivity index (χ1n) is 12.3. The molecule has 5 rings (SSSR count). The number of alkyl halides is 2. The lowest BCUT2D eigenvalue weighted by Crippen LogP contribution is -2.23. The maximum Gasteiger partial charge on any atom is 0.286 e. The highest BCUT2D eigenvalue weighted by molar-refractivity contribution is 6.04. The summed E-state index contributed by atoms with van der Waals surface area (Å²) < 4.78 is 38.7. The Morgan fingerprint density at radius 2 is 2.11 bits per heavy atom. The number of ether oxygens (including phenoxy) is 2. The van der Waals surface area contributed by atoms with E-state index in [-0.39, 0.29) is 24.2 Å². The van der Waals surface area contributed by atoms with Gasteiger partial charge in [0, 0.05) is 42.5 Å². The first-order valence-corrected chi connectivity index (χ1v) is 12.3. The van der Waals surface area contributed by atoms with E-state index in [1.807, 2.05) is 25.1 Å². The summed E-state index contributed by atoms with van der Waals surface area (Å²) in [7, 11) is 0. The minimum Gasteiger partial charge on any atom is -0.475 e. The fourth-order valence-corrected chi connectivity index (χ4v) is 4.99. The van der Waals surface area contributed by atoms with Crippen LogP contribution in [-0.4, -0.2) is 47.4 Å². The third-order valence-corrected chi connectivity index (χ3v) is 7.18. The van der Waals surface area contributed by atoms with Crippen molar-refractivity contribution < 1.29 is 28.2 Å². The molecule has 0 bridgehead atoms. The topological polar surface area (TPSA) is 93.6 Å². The van der Waals surface area contributed by atoms with Gasteiger partial charge in [-0.15, -0.1) is 0 Å². The van der Waals surface area contributed by atoms with Crippen LogP contribution in [-0.2, 0) is 16.1 Å². The maximum atomic E-state index is 13.7. The third kappa shape index (κ3) is 5.19. The summed E-state index contributed by atoms with van der Waals surface area (Å²) in [4.78, 5) is 21.3. The number of carbonyl (C=O) groups is 1. The second kappa shape index (κ2) is 9.79. The predicted molar refractivity (Wildman–Crippen MR) is 134 cm³/mol. The monoisotopic (exact) mass is 509 g/mol. The van der Waals surface area contributed by atoms with Crippen LogP contribution in [0.5, 0.6) is 5.88 Å². The van der Waals surface area contributed by atoms with Crippen LogP contribution in [0.25, 0.3) is 11.1 Å². The summed E-state index contributed by atoms with van der Waals surface area (Å²) in [6.07, 6.45) is 3.12. The van der Waals surface area contributed by atoms with Crippen molar-refractivity contribution in [2.45, 2.75) is 38.0 Å². The molecule has 7 nitrogen and oxygen atoms in total. The Labute approximate surface area is 213 Å². The maximum absolute atomic E-state index is 13.7. The van der Waals surface area contributed by atoms with E-state index in [1.165, 1.54) is 12.3 Å². The lowest BCUT2D eigenvalue weighted by molar-refractivity contribution is 0.0127. The summed E-state index contributed by atoms with van der Waals surface area (Å²) in [6.45, 7) is 4.14. The fourth-order valence-electron chi connectivity index (χ4n) is 4.99. The van der Waals surface area contributed by atoms with Crippen molar-refractivity contribution in [2.75, 3.05) is 31.7 Å². The normalized spacial score (nSPS) is 20.7. The van der Waals surface area contributed by atoms with Gasteiger partial charge in [0.05, 0.1) is 18.9 Å². The molecule has 1 saturated carbocycles. The minimum absolute atomic E-state index is 0.0221. The highest BCUT2D eigenvalue weighted by atomic mass is 19.3. The van der Waals surface area contributed by atoms with E-state index in [0.29, 0.717) is 24.1 Å². The molecule has 9 heteroatoms. The number of amides is 1. The molecule has 2 aliphatic rings. The number of benzene rings is 1. The predicted octanol–water partition coefficient (Wildman–Crippen LogP) is 4.87. The van der Waals surface area contributed by atoms with E-state index in [1.54, 1.807) is 6.07 Å². The number of halogens is 2. The number of anilines is 1. The number of pyridine rings is 2. The molecule has 3 heterocycles. The number of fused-ring (bicyclic) bond motifs is 1. The van der Waals surface area contributed by atoms with Crippen LogP contribution < -0.4 is 10.1 Å². The first-order chi connectivity index (χ1) is 17.7. The number of aryl methyl sites for hydroxylation is 1. The van der Waals surface area contributed by atoms with Crippen LogP contribution in [0.4, 0.5) is 14.5 Å². The number of aliphatic hydroxyl groups is 1. The quantitative estimate of drug-likeness (QED) is 0.450. The molecule has 37 heavy (non-hydrogen) atoms. The molecule has 2 fully saturated rings. The number of aliphatic hydroxyl groups excluding tert-OH is 1. The van der Waals surface area contributed by atoms with Crippen molar-refractivity contribution in [1.29, 1.82) is 0 Å².